The number of piperidine rings is 1. The maximum absolute atomic E-state index is 12.8. The van der Waals surface area contributed by atoms with Crippen molar-refractivity contribution in [1.29, 1.82) is 5.26 Å². The minimum absolute atomic E-state index is 0. The van der Waals surface area contributed by atoms with Gasteiger partial charge in [-0.25, -0.2) is 18.4 Å². The van der Waals surface area contributed by atoms with Crippen LogP contribution in [0.15, 0.2) is 194 Å². The summed E-state index contributed by atoms with van der Waals surface area (Å²) in [7, 11) is -1.87. The number of amides is 1. The highest BCUT2D eigenvalue weighted by atomic mass is 32.2. The normalized spacial score (nSPS) is 13.9. The van der Waals surface area contributed by atoms with Gasteiger partial charge in [-0.05, 0) is 163 Å². The first-order chi connectivity index (χ1) is 57.7. The van der Waals surface area contributed by atoms with Crippen molar-refractivity contribution in [3.8, 4) is 29.9 Å². The molecule has 1 amide bonds. The number of para-hydroxylation sites is 5. The fourth-order valence-corrected chi connectivity index (χ4v) is 15.4. The van der Waals surface area contributed by atoms with Gasteiger partial charge in [0.15, 0.2) is 22.2 Å². The van der Waals surface area contributed by atoms with E-state index in [1.165, 1.54) is 24.3 Å². The molecule has 8 aromatic carbocycles. The van der Waals surface area contributed by atoms with E-state index in [1.54, 1.807) is 56.3 Å². The van der Waals surface area contributed by atoms with Crippen LogP contribution in [0.25, 0.3) is 0 Å². The van der Waals surface area contributed by atoms with E-state index in [9.17, 15) is 56.0 Å². The molecule has 7 N–H and O–H groups in total. The van der Waals surface area contributed by atoms with Gasteiger partial charge in [-0.1, -0.05) is 251 Å². The lowest BCUT2D eigenvalue weighted by Gasteiger charge is -2.33. The summed E-state index contributed by atoms with van der Waals surface area (Å²) in [5, 5.41) is 30.6. The van der Waals surface area contributed by atoms with Crippen LogP contribution in [-0.4, -0.2) is 110 Å². The van der Waals surface area contributed by atoms with Gasteiger partial charge in [0.2, 0.25) is 0 Å². The van der Waals surface area contributed by atoms with Crippen molar-refractivity contribution in [2.24, 2.45) is 53.3 Å². The smallest absolute Gasteiger partial charge is 0.417 e. The number of sulfone groups is 1. The number of ether oxygens (including phenoxy) is 3. The number of halogens is 3. The van der Waals surface area contributed by atoms with Gasteiger partial charge in [0, 0.05) is 76.9 Å². The van der Waals surface area contributed by atoms with Gasteiger partial charge in [-0.3, -0.25) is 24.4 Å². The lowest BCUT2D eigenvalue weighted by atomic mass is 9.84. The molecule has 123 heavy (non-hydrogen) atoms. The van der Waals surface area contributed by atoms with E-state index in [1.807, 2.05) is 151 Å². The zero-order chi connectivity index (χ0) is 90.8. The van der Waals surface area contributed by atoms with Gasteiger partial charge in [-0.2, -0.15) is 23.9 Å². The molecule has 0 radical (unpaired) electrons. The molecule has 1 saturated carbocycles. The van der Waals surface area contributed by atoms with E-state index in [-0.39, 0.29) is 75.5 Å². The van der Waals surface area contributed by atoms with Crippen molar-refractivity contribution >= 4 is 68.5 Å². The molecule has 1 unspecified atom stereocenters. The van der Waals surface area contributed by atoms with Gasteiger partial charge in [-0.15, -0.1) is 6.42 Å². The molecule has 1 atom stereocenters. The van der Waals surface area contributed by atoms with Crippen LogP contribution in [0.1, 0.15) is 226 Å². The third kappa shape index (κ3) is 38.3. The topological polar surface area (TPSA) is 278 Å². The number of terminal acetylenes is 1. The summed E-state index contributed by atoms with van der Waals surface area (Å²) in [5.41, 5.74) is 9.87. The second kappa shape index (κ2) is 54.7. The predicted octanol–water partition coefficient (Wildman–Crippen LogP) is 20.9. The highest BCUT2D eigenvalue weighted by Gasteiger charge is 2.34. The van der Waals surface area contributed by atoms with Gasteiger partial charge >= 0.3 is 12.1 Å². The number of carbonyl (C=O) groups is 5. The molecule has 666 valence electrons. The Balaban J connectivity index is 0.000000377. The Morgan fingerprint density at radius 2 is 1.20 bits per heavy atom. The van der Waals surface area contributed by atoms with Crippen LogP contribution in [0.5, 0.6) is 11.5 Å². The number of anilines is 2. The summed E-state index contributed by atoms with van der Waals surface area (Å²) >= 11 is 0. The van der Waals surface area contributed by atoms with Crippen molar-refractivity contribution in [2.45, 2.75) is 187 Å². The summed E-state index contributed by atoms with van der Waals surface area (Å²) < 4.78 is 78.4. The number of carbonyl (C=O) groups excluding carboxylic acids is 5. The third-order valence-electron chi connectivity index (χ3n) is 20.9. The van der Waals surface area contributed by atoms with Crippen LogP contribution in [0.2, 0.25) is 0 Å². The van der Waals surface area contributed by atoms with Crippen LogP contribution in [0, 0.1) is 76.9 Å². The minimum Gasteiger partial charge on any atom is -0.490 e. The van der Waals surface area contributed by atoms with Crippen LogP contribution in [0.4, 0.5) is 35.9 Å². The number of nitrogens with zero attached hydrogens (tertiary/aromatic N) is 3. The second-order valence-electron chi connectivity index (χ2n) is 33.5. The number of benzene rings is 8. The number of Topliss-reactive ketones (excluding diaryl/α,β-unsaturated/α-hetero) is 3. The molecule has 0 bridgehead atoms. The van der Waals surface area contributed by atoms with Crippen molar-refractivity contribution in [3.63, 3.8) is 0 Å². The number of nitrogens with two attached hydrogens (primary N) is 1. The van der Waals surface area contributed by atoms with Crippen molar-refractivity contribution in [2.75, 3.05) is 55.1 Å². The number of esters is 1. The first-order valence-corrected chi connectivity index (χ1v) is 44.2. The fraction of sp³-hybridized carbons (Fsp3) is 0.436. The standard InChI is InChI=1S/C25H27NO3.C15H22N2O2.C13H15NO2.C13H24O3S.C12H11F3.C12H16NO2.C11H16.H2O/c1-19(2)17-20-9-8-10-21(18-20)26-25(27)23-13-6-7-14-24(23)29-16-15-28-22-11-4-3-5-12-22;1-11(2)15(18)12-7-9-17(10-8-12)14-6-4-3-5-13(14)16-19;1-9(2)7-10-5-4-6-11(12(10)8-14)13(15)16-3;1-10(2)13(14)9-17(15,16)8-12-6-4-11(3)5-7-12;1-4-9-5-6-10(8(2)3)7-11(9)12(13,14)15;1-9(2)12(14)8-10-6-4-5-7-11(10)13(3)15;1-9(2)10(3)11-7-5-4-6-8-11;/h3-14,18-19H,15-17H2,1-2H3,(H,26,27);3-6,11-12,16,19H,7-10H2,1-2H3;4-6,9H,7H2,1-3H3;10-12H,4-9H2,1-3H3;1,5-8H,2-3H3;4-7,9,15H,3,8H2,1-2H3;4-10H,1-3H3;1H2/q;;;;;+1;;/p+1. The molecule has 1 aliphatic heterocycles. The lowest BCUT2D eigenvalue weighted by Crippen LogP contribution is -2.74. The molecule has 0 spiro atoms. The number of nitrogens with one attached hydrogen (secondary N) is 1. The van der Waals surface area contributed by atoms with E-state index in [0.717, 1.165) is 127 Å². The van der Waals surface area contributed by atoms with Crippen molar-refractivity contribution < 1.29 is 85.9 Å². The quantitative estimate of drug-likeness (QED) is 0.00519. The van der Waals surface area contributed by atoms with E-state index < -0.39 is 27.5 Å². The first-order valence-electron chi connectivity index (χ1n) is 42.4. The number of hydrogen-bond donors (Lipinski definition) is 4. The Hall–Kier alpha value is -10.8. The van der Waals surface area contributed by atoms with Gasteiger partial charge < -0.3 is 29.9 Å². The van der Waals surface area contributed by atoms with Crippen LogP contribution in [0.3, 0.4) is 0 Å². The Bertz CT molecular complexity index is 4770. The molecule has 8 aromatic rings. The van der Waals surface area contributed by atoms with Gasteiger partial charge in [0.25, 0.3) is 11.6 Å². The summed E-state index contributed by atoms with van der Waals surface area (Å²) in [6.07, 6.45) is 8.80. The fourth-order valence-electron chi connectivity index (χ4n) is 13.5. The minimum atomic E-state index is -4.38. The largest absolute Gasteiger partial charge is 0.490 e. The highest BCUT2D eigenvalue weighted by molar-refractivity contribution is 7.92. The zero-order valence-corrected chi connectivity index (χ0v) is 76.0. The number of hydrogen-bond acceptors (Lipinski definition) is 14. The monoisotopic (exact) mass is 1710 g/mol. The molecule has 1 heterocycles. The number of methoxy groups -OCH3 is 1. The molecular formula is C101H134F3N5O13S+2. The summed E-state index contributed by atoms with van der Waals surface area (Å²) in [5.74, 6) is 6.71. The molecule has 18 nitrogen and oxygen atoms in total. The average Bonchev–Trinajstić information content (AvgIpc) is 0.826. The van der Waals surface area contributed by atoms with Crippen molar-refractivity contribution in [1.82, 2.24) is 0 Å². The molecule has 22 heteroatoms. The molecule has 10 rings (SSSR count). The van der Waals surface area contributed by atoms with E-state index >= 15 is 0 Å². The first kappa shape index (κ1) is 106. The number of nitriles is 1. The summed E-state index contributed by atoms with van der Waals surface area (Å²) in [6.45, 7) is 38.3. The molecule has 1 saturated heterocycles. The molecule has 0 aromatic heterocycles. The summed E-state index contributed by atoms with van der Waals surface area (Å²) in [6, 6.07) is 62.0. The van der Waals surface area contributed by atoms with Crippen LogP contribution in [-0.2, 0) is 54.4 Å². The summed E-state index contributed by atoms with van der Waals surface area (Å²) in [4.78, 5) is 61.6. The average molecular weight is 1720 g/mol. The predicted molar refractivity (Wildman–Crippen MR) is 488 cm³/mol. The van der Waals surface area contributed by atoms with Gasteiger partial charge in [0.1, 0.15) is 59.6 Å². The number of ketones is 3. The maximum atomic E-state index is 12.8. The maximum Gasteiger partial charge on any atom is 0.417 e. The lowest BCUT2D eigenvalue weighted by molar-refractivity contribution is -0.825. The van der Waals surface area contributed by atoms with Crippen LogP contribution < -0.4 is 25.2 Å². The zero-order valence-electron chi connectivity index (χ0n) is 75.2. The Labute approximate surface area is 730 Å². The second-order valence-corrected chi connectivity index (χ2v) is 35.6. The molecular weight excluding hydrogens is 1580 g/mol. The third-order valence-corrected chi connectivity index (χ3v) is 22.6. The van der Waals surface area contributed by atoms with E-state index in [2.05, 4.69) is 120 Å². The molecule has 2 fully saturated rings. The van der Waals surface area contributed by atoms with E-state index in [4.69, 9.17) is 21.2 Å². The number of quaternary nitrogens is 1. The highest BCUT2D eigenvalue weighted by Crippen LogP contribution is 2.35. The van der Waals surface area contributed by atoms with Gasteiger partial charge in [0.05, 0.1) is 35.1 Å². The Kier molecular flexibility index (Phi) is 47.3. The SMILES string of the molecule is C#Cc1ccc(C(C)C)cc1C(F)(F)F.C=[N+](O)c1ccccc1CC(=O)C(C)C.CC(C)C(=O)C1CCN(c2ccccc2[NH2+]O)CC1.CC(C)C(C)c1ccccc1.CC(C)Cc1cccc(NC(=O)c2ccccc2OCCOc2ccccc2)c1.CC1CCC(CS(=O)(=O)CC(=O)C(C)C)CC1.COC(=O)c1cccc(CC(C)C)c1C#N.O. The van der Waals surface area contributed by atoms with Crippen LogP contribution >= 0.6 is 0 Å². The Morgan fingerprint density at radius 3 is 1.75 bits per heavy atom. The molecule has 2 aliphatic rings. The number of rotatable bonds is 28. The molecule has 1 aliphatic carbocycles. The number of alkyl halides is 3. The van der Waals surface area contributed by atoms with E-state index in [0.29, 0.717) is 76.9 Å². The van der Waals surface area contributed by atoms with Crippen molar-refractivity contribution in [3.05, 3.63) is 250 Å². The Morgan fingerprint density at radius 1 is 0.642 bits per heavy atom.